The summed E-state index contributed by atoms with van der Waals surface area (Å²) in [4.78, 5) is 0. The first-order chi connectivity index (χ1) is 13.0. The smallest absolute Gasteiger partial charge is 0.416 e. The Morgan fingerprint density at radius 3 is 1.93 bits per heavy atom. The molecule has 0 fully saturated rings. The molecule has 0 aliphatic rings. The molecule has 0 amide bonds. The van der Waals surface area contributed by atoms with E-state index >= 15 is 0 Å². The zero-order valence-electron chi connectivity index (χ0n) is 14.7. The highest BCUT2D eigenvalue weighted by atomic mass is 31.1. The Balaban J connectivity index is 2.43. The minimum atomic E-state index is -5.08. The molecule has 0 atom stereocenters. The van der Waals surface area contributed by atoms with Crippen LogP contribution in [0.2, 0.25) is 0 Å². The molecule has 0 radical (unpaired) electrons. The largest absolute Gasteiger partial charge is 0.823 e. The van der Waals surface area contributed by atoms with Crippen LogP contribution in [-0.2, 0) is 12.4 Å². The SMILES string of the molecule is CCCCOc1ccc(P=C([O-])c2c(C(F)(F)F)cccc2C(F)(F)F)cc1. The van der Waals surface area contributed by atoms with Crippen LogP contribution in [0.5, 0.6) is 5.75 Å². The zero-order valence-corrected chi connectivity index (χ0v) is 15.6. The fraction of sp³-hybridized carbons (Fsp3) is 0.316. The first-order valence-corrected chi connectivity index (χ1v) is 9.19. The molecule has 2 aromatic rings. The molecule has 9 heteroatoms. The number of halogens is 6. The Hall–Kier alpha value is -2.05. The molecule has 0 spiro atoms. The van der Waals surface area contributed by atoms with Gasteiger partial charge in [0, 0.05) is 5.30 Å². The van der Waals surface area contributed by atoms with Gasteiger partial charge in [-0.25, -0.2) is 0 Å². The van der Waals surface area contributed by atoms with Crippen LogP contribution in [-0.4, -0.2) is 12.1 Å². The fourth-order valence-corrected chi connectivity index (χ4v) is 3.26. The lowest BCUT2D eigenvalue weighted by atomic mass is 10.0. The summed E-state index contributed by atoms with van der Waals surface area (Å²) >= 11 is 0. The first kappa shape index (κ1) is 22.2. The Morgan fingerprint density at radius 1 is 0.929 bits per heavy atom. The lowest BCUT2D eigenvalue weighted by Gasteiger charge is -2.23. The molecule has 2 aromatic carbocycles. The quantitative estimate of drug-likeness (QED) is 0.373. The summed E-state index contributed by atoms with van der Waals surface area (Å²) in [5.74, 6) is 0.506. The van der Waals surface area contributed by atoms with Crippen LogP contribution >= 0.6 is 8.20 Å². The second kappa shape index (κ2) is 8.97. The summed E-state index contributed by atoms with van der Waals surface area (Å²) in [6, 6.07) is 7.50. The molecule has 0 unspecified atom stereocenters. The molecule has 152 valence electrons. The first-order valence-electron chi connectivity index (χ1n) is 8.30. The number of benzene rings is 2. The number of unbranched alkanes of at least 4 members (excludes halogenated alkanes) is 1. The van der Waals surface area contributed by atoms with E-state index in [0.717, 1.165) is 12.8 Å². The van der Waals surface area contributed by atoms with Crippen molar-refractivity contribution in [3.8, 4) is 5.75 Å². The molecule has 2 nitrogen and oxygen atoms in total. The monoisotopic (exact) mass is 421 g/mol. The average molecular weight is 421 g/mol. The molecular formula is C19H16F6O2P-. The third-order valence-corrected chi connectivity index (χ3v) is 4.71. The van der Waals surface area contributed by atoms with Gasteiger partial charge in [-0.1, -0.05) is 27.6 Å². The molecule has 0 aromatic heterocycles. The summed E-state index contributed by atoms with van der Waals surface area (Å²) in [6.45, 7) is 2.48. The standard InChI is InChI=1S/C19H17F6O2P/c1-2-3-11-27-12-7-9-13(10-8-12)28-17(26)16-14(18(20,21)22)5-4-6-15(16)19(23,24)25/h4-10,26H,2-3,11H2,1H3/p-1. The van der Waals surface area contributed by atoms with E-state index < -0.39 is 34.5 Å². The molecular weight excluding hydrogens is 405 g/mol. The number of rotatable bonds is 6. The number of ether oxygens (including phenoxy) is 1. The maximum absolute atomic E-state index is 13.2. The maximum Gasteiger partial charge on any atom is 0.416 e. The predicted molar refractivity (Wildman–Crippen MR) is 94.0 cm³/mol. The summed E-state index contributed by atoms with van der Waals surface area (Å²) in [5, 5.41) is 12.7. The summed E-state index contributed by atoms with van der Waals surface area (Å²) < 4.78 is 84.5. The van der Waals surface area contributed by atoms with Crippen LogP contribution in [0, 0.1) is 0 Å². The van der Waals surface area contributed by atoms with Gasteiger partial charge in [-0.2, -0.15) is 26.3 Å². The highest BCUT2D eigenvalue weighted by molar-refractivity contribution is 7.49. The molecule has 2 rings (SSSR count). The van der Waals surface area contributed by atoms with Crippen LogP contribution in [0.25, 0.3) is 0 Å². The lowest BCUT2D eigenvalue weighted by molar-refractivity contribution is -0.209. The summed E-state index contributed by atoms with van der Waals surface area (Å²) in [5.41, 5.74) is -5.84. The van der Waals surface area contributed by atoms with Crippen molar-refractivity contribution in [2.45, 2.75) is 32.1 Å². The Morgan fingerprint density at radius 2 is 1.46 bits per heavy atom. The second-order valence-electron chi connectivity index (χ2n) is 5.84. The van der Waals surface area contributed by atoms with E-state index in [1.807, 2.05) is 6.92 Å². The number of hydrogen-bond acceptors (Lipinski definition) is 2. The third-order valence-electron chi connectivity index (χ3n) is 3.72. The van der Waals surface area contributed by atoms with E-state index in [0.29, 0.717) is 30.6 Å². The summed E-state index contributed by atoms with van der Waals surface area (Å²) in [7, 11) is -0.295. The second-order valence-corrected chi connectivity index (χ2v) is 6.98. The lowest BCUT2D eigenvalue weighted by Crippen LogP contribution is -2.27. The van der Waals surface area contributed by atoms with Crippen LogP contribution < -0.4 is 15.1 Å². The van der Waals surface area contributed by atoms with Gasteiger partial charge < -0.3 is 9.84 Å². The predicted octanol–water partition coefficient (Wildman–Crippen LogP) is 5.01. The highest BCUT2D eigenvalue weighted by Gasteiger charge is 2.40. The van der Waals surface area contributed by atoms with E-state index in [4.69, 9.17) is 4.74 Å². The van der Waals surface area contributed by atoms with Crippen molar-refractivity contribution < 1.29 is 36.2 Å². The van der Waals surface area contributed by atoms with Crippen molar-refractivity contribution in [2.75, 3.05) is 6.61 Å². The molecule has 0 saturated carbocycles. The molecule has 0 saturated heterocycles. The minimum Gasteiger partial charge on any atom is -0.823 e. The Bertz CT molecular complexity index is 794. The normalized spacial score (nSPS) is 12.9. The van der Waals surface area contributed by atoms with Crippen molar-refractivity contribution >= 4 is 19.0 Å². The minimum absolute atomic E-state index is 0.262. The van der Waals surface area contributed by atoms with Gasteiger partial charge in [-0.3, -0.25) is 0 Å². The fourth-order valence-electron chi connectivity index (χ4n) is 2.38. The zero-order chi connectivity index (χ0) is 20.9. The summed E-state index contributed by atoms with van der Waals surface area (Å²) in [6.07, 6.45) is -8.39. The molecule has 0 aliphatic carbocycles. The van der Waals surface area contributed by atoms with Crippen LogP contribution in [0.4, 0.5) is 26.3 Å². The van der Waals surface area contributed by atoms with Gasteiger partial charge in [-0.05, 0) is 48.4 Å². The van der Waals surface area contributed by atoms with Gasteiger partial charge in [0.1, 0.15) is 5.75 Å². The van der Waals surface area contributed by atoms with Gasteiger partial charge in [0.15, 0.2) is 0 Å². The highest BCUT2D eigenvalue weighted by Crippen LogP contribution is 2.39. The topological polar surface area (TPSA) is 32.3 Å². The van der Waals surface area contributed by atoms with Crippen molar-refractivity contribution in [1.82, 2.24) is 0 Å². The Labute approximate surface area is 159 Å². The molecule has 0 bridgehead atoms. The van der Waals surface area contributed by atoms with Gasteiger partial charge in [-0.15, -0.1) is 5.48 Å². The van der Waals surface area contributed by atoms with Crippen molar-refractivity contribution in [3.63, 3.8) is 0 Å². The molecule has 0 N–H and O–H groups in total. The van der Waals surface area contributed by atoms with Gasteiger partial charge in [0.2, 0.25) is 0 Å². The molecule has 0 aliphatic heterocycles. The van der Waals surface area contributed by atoms with E-state index in [2.05, 4.69) is 0 Å². The van der Waals surface area contributed by atoms with Crippen LogP contribution in [0.3, 0.4) is 0 Å². The maximum atomic E-state index is 13.2. The van der Waals surface area contributed by atoms with Gasteiger partial charge in [0.05, 0.1) is 17.7 Å². The van der Waals surface area contributed by atoms with E-state index in [9.17, 15) is 31.4 Å². The van der Waals surface area contributed by atoms with Crippen molar-refractivity contribution in [1.29, 1.82) is 0 Å². The van der Waals surface area contributed by atoms with Crippen molar-refractivity contribution in [3.05, 3.63) is 59.2 Å². The van der Waals surface area contributed by atoms with E-state index in [-0.39, 0.29) is 13.5 Å². The molecule has 0 heterocycles. The molecule has 28 heavy (non-hydrogen) atoms. The van der Waals surface area contributed by atoms with E-state index in [1.165, 1.54) is 24.3 Å². The van der Waals surface area contributed by atoms with Crippen LogP contribution in [0.1, 0.15) is 36.5 Å². The third kappa shape index (κ3) is 5.72. The number of hydrogen-bond donors (Lipinski definition) is 0. The van der Waals surface area contributed by atoms with Crippen LogP contribution in [0.15, 0.2) is 42.5 Å². The van der Waals surface area contributed by atoms with E-state index in [1.54, 1.807) is 0 Å². The number of alkyl halides is 6. The van der Waals surface area contributed by atoms with Crippen molar-refractivity contribution in [2.24, 2.45) is 0 Å². The van der Waals surface area contributed by atoms with Gasteiger partial charge in [0.25, 0.3) is 0 Å². The van der Waals surface area contributed by atoms with Gasteiger partial charge >= 0.3 is 12.4 Å². The average Bonchev–Trinajstić information content (AvgIpc) is 2.61. The Kier molecular flexibility index (Phi) is 7.12.